The summed E-state index contributed by atoms with van der Waals surface area (Å²) in [6.45, 7) is 0.906. The predicted octanol–water partition coefficient (Wildman–Crippen LogP) is 2.81. The third-order valence-corrected chi connectivity index (χ3v) is 5.70. The molecule has 0 amide bonds. The van der Waals surface area contributed by atoms with Crippen LogP contribution in [-0.4, -0.2) is 21.6 Å². The van der Waals surface area contributed by atoms with Crippen molar-refractivity contribution in [1.29, 1.82) is 0 Å². The number of hydrogen-bond acceptors (Lipinski definition) is 3. The lowest BCUT2D eigenvalue weighted by molar-refractivity contribution is 0.0459. The molecule has 1 fully saturated rings. The van der Waals surface area contributed by atoms with E-state index in [0.29, 0.717) is 26.1 Å². The minimum absolute atomic E-state index is 0.332. The summed E-state index contributed by atoms with van der Waals surface area (Å²) in [5.74, 6) is -0.754. The number of hydrogen-bond donors (Lipinski definition) is 1. The van der Waals surface area contributed by atoms with Crippen LogP contribution in [0, 0.1) is 5.82 Å². The van der Waals surface area contributed by atoms with Crippen LogP contribution in [0.15, 0.2) is 59.5 Å². The molecule has 1 saturated heterocycles. The summed E-state index contributed by atoms with van der Waals surface area (Å²) in [5, 5.41) is 0. The van der Waals surface area contributed by atoms with Gasteiger partial charge >= 0.3 is 0 Å². The monoisotopic (exact) mass is 335 g/mol. The fraction of sp³-hybridized carbons (Fsp3) is 0.294. The molecule has 0 unspecified atom stereocenters. The van der Waals surface area contributed by atoms with Gasteiger partial charge in [0, 0.05) is 13.2 Å². The van der Waals surface area contributed by atoms with Gasteiger partial charge in [0.05, 0.1) is 5.54 Å². The van der Waals surface area contributed by atoms with Gasteiger partial charge in [-0.3, -0.25) is 0 Å². The summed E-state index contributed by atoms with van der Waals surface area (Å²) < 4.78 is 47.5. The highest BCUT2D eigenvalue weighted by Gasteiger charge is 2.39. The Morgan fingerprint density at radius 1 is 0.957 bits per heavy atom. The van der Waals surface area contributed by atoms with Crippen LogP contribution >= 0.6 is 0 Å². The second-order valence-electron chi connectivity index (χ2n) is 5.60. The topological polar surface area (TPSA) is 55.4 Å². The fourth-order valence-electron chi connectivity index (χ4n) is 2.90. The van der Waals surface area contributed by atoms with E-state index < -0.39 is 21.4 Å². The van der Waals surface area contributed by atoms with Gasteiger partial charge in [0.25, 0.3) is 0 Å². The van der Waals surface area contributed by atoms with Crippen LogP contribution in [0.3, 0.4) is 0 Å². The molecule has 0 bridgehead atoms. The lowest BCUT2D eigenvalue weighted by Crippen LogP contribution is -2.49. The van der Waals surface area contributed by atoms with Crippen LogP contribution in [0.1, 0.15) is 18.4 Å². The molecule has 122 valence electrons. The van der Waals surface area contributed by atoms with Gasteiger partial charge in [-0.15, -0.1) is 0 Å². The smallest absolute Gasteiger partial charge is 0.244 e. The molecule has 23 heavy (non-hydrogen) atoms. The first kappa shape index (κ1) is 16.1. The van der Waals surface area contributed by atoms with E-state index in [1.807, 2.05) is 30.3 Å². The molecule has 0 aliphatic carbocycles. The van der Waals surface area contributed by atoms with Crippen LogP contribution in [0.2, 0.25) is 0 Å². The van der Waals surface area contributed by atoms with Gasteiger partial charge in [-0.1, -0.05) is 42.5 Å². The van der Waals surface area contributed by atoms with Crippen molar-refractivity contribution in [2.45, 2.75) is 23.3 Å². The van der Waals surface area contributed by atoms with E-state index in [4.69, 9.17) is 4.74 Å². The van der Waals surface area contributed by atoms with E-state index >= 15 is 0 Å². The molecule has 0 radical (unpaired) electrons. The Balaban J connectivity index is 2.01. The van der Waals surface area contributed by atoms with Gasteiger partial charge in [0.15, 0.2) is 0 Å². The molecule has 0 saturated carbocycles. The Kier molecular flexibility index (Phi) is 4.48. The first-order chi connectivity index (χ1) is 11.0. The lowest BCUT2D eigenvalue weighted by atomic mass is 9.84. The Bertz CT molecular complexity index is 771. The molecule has 0 atom stereocenters. The largest absolute Gasteiger partial charge is 0.381 e. The van der Waals surface area contributed by atoms with Gasteiger partial charge in [-0.05, 0) is 30.5 Å². The van der Waals surface area contributed by atoms with Crippen molar-refractivity contribution >= 4 is 10.0 Å². The molecule has 1 aliphatic heterocycles. The van der Waals surface area contributed by atoms with E-state index in [1.165, 1.54) is 18.2 Å². The van der Waals surface area contributed by atoms with Gasteiger partial charge in [-0.2, -0.15) is 0 Å². The summed E-state index contributed by atoms with van der Waals surface area (Å²) in [5.41, 5.74) is 0.0869. The van der Waals surface area contributed by atoms with Crippen molar-refractivity contribution in [1.82, 2.24) is 4.72 Å². The summed E-state index contributed by atoms with van der Waals surface area (Å²) in [6, 6.07) is 14.8. The van der Waals surface area contributed by atoms with Crippen LogP contribution in [-0.2, 0) is 20.3 Å². The number of benzene rings is 2. The lowest BCUT2D eigenvalue weighted by Gasteiger charge is -2.38. The third-order valence-electron chi connectivity index (χ3n) is 4.13. The zero-order valence-corrected chi connectivity index (χ0v) is 13.4. The molecular weight excluding hydrogens is 317 g/mol. The van der Waals surface area contributed by atoms with Crippen molar-refractivity contribution < 1.29 is 17.5 Å². The molecule has 1 aliphatic rings. The molecule has 4 nitrogen and oxygen atoms in total. The summed E-state index contributed by atoms with van der Waals surface area (Å²) >= 11 is 0. The highest BCUT2D eigenvalue weighted by Crippen LogP contribution is 2.34. The van der Waals surface area contributed by atoms with Crippen molar-refractivity contribution in [3.8, 4) is 0 Å². The van der Waals surface area contributed by atoms with Crippen LogP contribution in [0.4, 0.5) is 4.39 Å². The van der Waals surface area contributed by atoms with Crippen LogP contribution in [0.25, 0.3) is 0 Å². The van der Waals surface area contributed by atoms with Gasteiger partial charge < -0.3 is 4.74 Å². The van der Waals surface area contributed by atoms with Crippen LogP contribution < -0.4 is 4.72 Å². The van der Waals surface area contributed by atoms with Gasteiger partial charge in [0.2, 0.25) is 10.0 Å². The summed E-state index contributed by atoms with van der Waals surface area (Å²) in [7, 11) is -3.98. The first-order valence-electron chi connectivity index (χ1n) is 7.45. The molecule has 0 spiro atoms. The Hall–Kier alpha value is -1.76. The quantitative estimate of drug-likeness (QED) is 0.935. The first-order valence-corrected chi connectivity index (χ1v) is 8.94. The zero-order valence-electron chi connectivity index (χ0n) is 12.5. The van der Waals surface area contributed by atoms with Gasteiger partial charge in [0.1, 0.15) is 10.7 Å². The zero-order chi connectivity index (χ0) is 16.3. The summed E-state index contributed by atoms with van der Waals surface area (Å²) in [6.07, 6.45) is 1.01. The van der Waals surface area contributed by atoms with E-state index in [2.05, 4.69) is 4.72 Å². The highest BCUT2D eigenvalue weighted by molar-refractivity contribution is 7.89. The average molecular weight is 335 g/mol. The maximum atomic E-state index is 13.9. The molecule has 1 heterocycles. The van der Waals surface area contributed by atoms with Crippen molar-refractivity contribution in [3.05, 3.63) is 66.0 Å². The molecular formula is C17H18FNO3S. The third kappa shape index (κ3) is 3.29. The molecule has 0 aromatic heterocycles. The number of sulfonamides is 1. The maximum absolute atomic E-state index is 13.9. The SMILES string of the molecule is O=S(=O)(NC1(c2ccccc2)CCOCC1)c1ccccc1F. The predicted molar refractivity (Wildman–Crippen MR) is 84.9 cm³/mol. The van der Waals surface area contributed by atoms with Gasteiger partial charge in [-0.25, -0.2) is 17.5 Å². The van der Waals surface area contributed by atoms with Crippen molar-refractivity contribution in [2.75, 3.05) is 13.2 Å². The number of nitrogens with one attached hydrogen (secondary N) is 1. The normalized spacial score (nSPS) is 17.8. The minimum atomic E-state index is -3.98. The Labute approximate surface area is 135 Å². The van der Waals surface area contributed by atoms with E-state index in [0.717, 1.165) is 11.6 Å². The van der Waals surface area contributed by atoms with E-state index in [-0.39, 0.29) is 4.90 Å². The number of ether oxygens (including phenoxy) is 1. The molecule has 6 heteroatoms. The van der Waals surface area contributed by atoms with Crippen LogP contribution in [0.5, 0.6) is 0 Å². The second kappa shape index (κ2) is 6.39. The molecule has 2 aromatic carbocycles. The van der Waals surface area contributed by atoms with Crippen molar-refractivity contribution in [2.24, 2.45) is 0 Å². The maximum Gasteiger partial charge on any atom is 0.244 e. The molecule has 3 rings (SSSR count). The van der Waals surface area contributed by atoms with E-state index in [1.54, 1.807) is 0 Å². The van der Waals surface area contributed by atoms with Crippen molar-refractivity contribution in [3.63, 3.8) is 0 Å². The average Bonchev–Trinajstić information content (AvgIpc) is 2.56. The molecule has 2 aromatic rings. The van der Waals surface area contributed by atoms with E-state index in [9.17, 15) is 12.8 Å². The fourth-order valence-corrected chi connectivity index (χ4v) is 4.43. The number of rotatable bonds is 4. The highest BCUT2D eigenvalue weighted by atomic mass is 32.2. The minimum Gasteiger partial charge on any atom is -0.381 e. The molecule has 1 N–H and O–H groups in total. The standard InChI is InChI=1S/C17H18FNO3S/c18-15-8-4-5-9-16(15)23(20,21)19-17(10-12-22-13-11-17)14-6-2-1-3-7-14/h1-9,19H,10-13H2. The Morgan fingerprint density at radius 3 is 2.22 bits per heavy atom. The summed E-state index contributed by atoms with van der Waals surface area (Å²) in [4.78, 5) is -0.332. The Morgan fingerprint density at radius 2 is 1.57 bits per heavy atom. The second-order valence-corrected chi connectivity index (χ2v) is 7.25. The number of halogens is 1.